The summed E-state index contributed by atoms with van der Waals surface area (Å²) in [5.41, 5.74) is 0. The van der Waals surface area contributed by atoms with Crippen LogP contribution in [0.3, 0.4) is 0 Å². The minimum Gasteiger partial charge on any atom is -0.489 e. The van der Waals surface area contributed by atoms with E-state index in [0.717, 1.165) is 44.9 Å². The van der Waals surface area contributed by atoms with Gasteiger partial charge in [-0.25, -0.2) is 4.39 Å². The SMILES string of the molecule is CN=C(NCC(C)Oc1cccc(F)c1)N1CCC(OCC2CCCCO2)CC1.I. The minimum atomic E-state index is -0.293. The molecule has 2 aliphatic heterocycles. The van der Waals surface area contributed by atoms with Gasteiger partial charge in [-0.3, -0.25) is 4.99 Å². The predicted octanol–water partition coefficient (Wildman–Crippen LogP) is 3.84. The number of piperidine rings is 1. The molecule has 0 amide bonds. The first kappa shape index (κ1) is 25.1. The summed E-state index contributed by atoms with van der Waals surface area (Å²) in [6, 6.07) is 6.22. The van der Waals surface area contributed by atoms with Gasteiger partial charge in [0.25, 0.3) is 0 Å². The van der Waals surface area contributed by atoms with E-state index < -0.39 is 0 Å². The molecule has 30 heavy (non-hydrogen) atoms. The fourth-order valence-electron chi connectivity index (χ4n) is 3.80. The van der Waals surface area contributed by atoms with Gasteiger partial charge in [0, 0.05) is 32.8 Å². The number of halogens is 2. The van der Waals surface area contributed by atoms with E-state index in [-0.39, 0.29) is 42.0 Å². The number of nitrogens with zero attached hydrogens (tertiary/aromatic N) is 2. The third kappa shape index (κ3) is 8.19. The van der Waals surface area contributed by atoms with Crippen LogP contribution >= 0.6 is 24.0 Å². The molecule has 0 aliphatic carbocycles. The number of likely N-dealkylation sites (tertiary alicyclic amines) is 1. The van der Waals surface area contributed by atoms with E-state index >= 15 is 0 Å². The zero-order chi connectivity index (χ0) is 20.5. The van der Waals surface area contributed by atoms with Gasteiger partial charge in [-0.15, -0.1) is 24.0 Å². The maximum Gasteiger partial charge on any atom is 0.193 e. The third-order valence-electron chi connectivity index (χ3n) is 5.43. The van der Waals surface area contributed by atoms with Crippen LogP contribution in [0.4, 0.5) is 4.39 Å². The van der Waals surface area contributed by atoms with Crippen molar-refractivity contribution in [3.63, 3.8) is 0 Å². The molecule has 0 bridgehead atoms. The van der Waals surface area contributed by atoms with Crippen molar-refractivity contribution in [2.75, 3.05) is 39.9 Å². The Labute approximate surface area is 196 Å². The Morgan fingerprint density at radius 3 is 2.77 bits per heavy atom. The maximum absolute atomic E-state index is 13.3. The molecule has 2 fully saturated rings. The lowest BCUT2D eigenvalue weighted by atomic mass is 10.1. The van der Waals surface area contributed by atoms with E-state index in [0.29, 0.717) is 25.0 Å². The van der Waals surface area contributed by atoms with Crippen LogP contribution in [0, 0.1) is 5.82 Å². The van der Waals surface area contributed by atoms with Crippen LogP contribution in [0.2, 0.25) is 0 Å². The second-order valence-electron chi connectivity index (χ2n) is 7.82. The van der Waals surface area contributed by atoms with Gasteiger partial charge in [0.15, 0.2) is 5.96 Å². The van der Waals surface area contributed by atoms with Crippen molar-refractivity contribution < 1.29 is 18.6 Å². The normalized spacial score (nSPS) is 21.6. The average molecular weight is 535 g/mol. The van der Waals surface area contributed by atoms with Gasteiger partial charge < -0.3 is 24.4 Å². The Balaban J connectivity index is 0.00000320. The van der Waals surface area contributed by atoms with Crippen LogP contribution in [0.25, 0.3) is 0 Å². The van der Waals surface area contributed by atoms with Crippen molar-refractivity contribution in [2.24, 2.45) is 4.99 Å². The van der Waals surface area contributed by atoms with Gasteiger partial charge in [-0.05, 0) is 51.2 Å². The minimum absolute atomic E-state index is 0. The van der Waals surface area contributed by atoms with Gasteiger partial charge in [0.1, 0.15) is 17.7 Å². The molecule has 2 saturated heterocycles. The molecule has 8 heteroatoms. The molecular weight excluding hydrogens is 500 g/mol. The average Bonchev–Trinajstić information content (AvgIpc) is 2.74. The maximum atomic E-state index is 13.3. The summed E-state index contributed by atoms with van der Waals surface area (Å²) in [4.78, 5) is 6.66. The van der Waals surface area contributed by atoms with Crippen molar-refractivity contribution >= 4 is 29.9 Å². The topological polar surface area (TPSA) is 55.3 Å². The summed E-state index contributed by atoms with van der Waals surface area (Å²) < 4.78 is 30.9. The molecule has 0 aromatic heterocycles. The van der Waals surface area contributed by atoms with E-state index in [1.54, 1.807) is 19.2 Å². The Kier molecular flexibility index (Phi) is 11.2. The molecule has 2 atom stereocenters. The van der Waals surface area contributed by atoms with E-state index in [4.69, 9.17) is 14.2 Å². The van der Waals surface area contributed by atoms with Crippen LogP contribution in [0.15, 0.2) is 29.3 Å². The second kappa shape index (κ2) is 13.3. The molecule has 2 aliphatic rings. The number of hydrogen-bond acceptors (Lipinski definition) is 4. The van der Waals surface area contributed by atoms with Gasteiger partial charge in [-0.2, -0.15) is 0 Å². The van der Waals surface area contributed by atoms with Crippen molar-refractivity contribution in [2.45, 2.75) is 57.3 Å². The van der Waals surface area contributed by atoms with Crippen LogP contribution in [0.1, 0.15) is 39.0 Å². The largest absolute Gasteiger partial charge is 0.489 e. The standard InChI is InChI=1S/C22H34FN3O3.HI/c1-17(29-20-8-5-6-18(23)14-20)15-25-22(24-2)26-11-9-19(10-12-26)28-16-21-7-3-4-13-27-21;/h5-6,8,14,17,19,21H,3-4,7,9-13,15-16H2,1-2H3,(H,24,25);1H. The fourth-order valence-corrected chi connectivity index (χ4v) is 3.80. The van der Waals surface area contributed by atoms with Crippen LogP contribution < -0.4 is 10.1 Å². The van der Waals surface area contributed by atoms with Crippen LogP contribution in [0.5, 0.6) is 5.75 Å². The highest BCUT2D eigenvalue weighted by Crippen LogP contribution is 2.18. The number of nitrogens with one attached hydrogen (secondary N) is 1. The zero-order valence-electron chi connectivity index (χ0n) is 18.0. The van der Waals surface area contributed by atoms with Crippen molar-refractivity contribution in [3.05, 3.63) is 30.1 Å². The second-order valence-corrected chi connectivity index (χ2v) is 7.82. The van der Waals surface area contributed by atoms with E-state index in [2.05, 4.69) is 15.2 Å². The lowest BCUT2D eigenvalue weighted by molar-refractivity contribution is -0.0721. The molecule has 1 aromatic rings. The number of hydrogen-bond donors (Lipinski definition) is 1. The van der Waals surface area contributed by atoms with Crippen molar-refractivity contribution in [1.82, 2.24) is 10.2 Å². The van der Waals surface area contributed by atoms with Crippen molar-refractivity contribution in [1.29, 1.82) is 0 Å². The molecular formula is C22H35FIN3O3. The molecule has 3 rings (SSSR count). The quantitative estimate of drug-likeness (QED) is 0.327. The van der Waals surface area contributed by atoms with E-state index in [9.17, 15) is 4.39 Å². The van der Waals surface area contributed by atoms with Crippen LogP contribution in [-0.2, 0) is 9.47 Å². The number of aliphatic imine (C=N–C) groups is 1. The van der Waals surface area contributed by atoms with Crippen molar-refractivity contribution in [3.8, 4) is 5.75 Å². The molecule has 0 spiro atoms. The smallest absolute Gasteiger partial charge is 0.193 e. The fraction of sp³-hybridized carbons (Fsp3) is 0.682. The Morgan fingerprint density at radius 2 is 2.10 bits per heavy atom. The highest BCUT2D eigenvalue weighted by atomic mass is 127. The van der Waals surface area contributed by atoms with Gasteiger partial charge >= 0.3 is 0 Å². The molecule has 2 unspecified atom stereocenters. The molecule has 170 valence electrons. The summed E-state index contributed by atoms with van der Waals surface area (Å²) in [5.74, 6) is 1.11. The lowest BCUT2D eigenvalue weighted by Crippen LogP contribution is -2.49. The highest BCUT2D eigenvalue weighted by Gasteiger charge is 2.24. The zero-order valence-corrected chi connectivity index (χ0v) is 20.3. The first-order valence-electron chi connectivity index (χ1n) is 10.7. The van der Waals surface area contributed by atoms with Gasteiger partial charge in [-0.1, -0.05) is 6.07 Å². The summed E-state index contributed by atoms with van der Waals surface area (Å²) in [7, 11) is 1.80. The molecule has 0 radical (unpaired) electrons. The Bertz CT molecular complexity index is 650. The summed E-state index contributed by atoms with van der Waals surface area (Å²) in [6.07, 6.45) is 5.98. The summed E-state index contributed by atoms with van der Waals surface area (Å²) >= 11 is 0. The van der Waals surface area contributed by atoms with Gasteiger partial charge in [0.2, 0.25) is 0 Å². The highest BCUT2D eigenvalue weighted by molar-refractivity contribution is 14.0. The molecule has 1 aromatic carbocycles. The van der Waals surface area contributed by atoms with Crippen LogP contribution in [-0.4, -0.2) is 69.1 Å². The monoisotopic (exact) mass is 535 g/mol. The Morgan fingerprint density at radius 1 is 1.30 bits per heavy atom. The van der Waals surface area contributed by atoms with E-state index in [1.807, 2.05) is 6.92 Å². The molecule has 2 heterocycles. The Hall–Kier alpha value is -1.13. The number of guanidine groups is 1. The summed E-state index contributed by atoms with van der Waals surface area (Å²) in [6.45, 7) is 5.96. The number of rotatable bonds is 7. The van der Waals surface area contributed by atoms with Gasteiger partial charge in [0.05, 0.1) is 25.4 Å². The molecule has 6 nitrogen and oxygen atoms in total. The van der Waals surface area contributed by atoms with E-state index in [1.165, 1.54) is 25.0 Å². The first-order chi connectivity index (χ1) is 14.1. The lowest BCUT2D eigenvalue weighted by Gasteiger charge is -2.35. The molecule has 0 saturated carbocycles. The predicted molar refractivity (Wildman–Crippen MR) is 127 cm³/mol. The number of ether oxygens (including phenoxy) is 3. The summed E-state index contributed by atoms with van der Waals surface area (Å²) in [5, 5.41) is 3.37. The molecule has 1 N–H and O–H groups in total. The number of benzene rings is 1. The first-order valence-corrected chi connectivity index (χ1v) is 10.7. The third-order valence-corrected chi connectivity index (χ3v) is 5.43.